The van der Waals surface area contributed by atoms with E-state index in [9.17, 15) is 0 Å². The van der Waals surface area contributed by atoms with Crippen LogP contribution in [0.25, 0.3) is 0 Å². The zero-order valence-corrected chi connectivity index (χ0v) is 12.8. The highest BCUT2D eigenvalue weighted by Crippen LogP contribution is 2.19. The molecule has 1 aromatic carbocycles. The van der Waals surface area contributed by atoms with E-state index in [2.05, 4.69) is 4.90 Å². The summed E-state index contributed by atoms with van der Waals surface area (Å²) in [6.07, 6.45) is 4.88. The third-order valence-corrected chi connectivity index (χ3v) is 4.13. The van der Waals surface area contributed by atoms with Crippen LogP contribution in [-0.4, -0.2) is 37.7 Å². The first-order valence-corrected chi connectivity index (χ1v) is 7.96. The van der Waals surface area contributed by atoms with E-state index < -0.39 is 0 Å². The maximum atomic E-state index is 5.84. The summed E-state index contributed by atoms with van der Waals surface area (Å²) in [7, 11) is 0. The molecule has 20 heavy (non-hydrogen) atoms. The molecule has 0 amide bonds. The van der Waals surface area contributed by atoms with E-state index in [0.717, 1.165) is 49.2 Å². The molecule has 0 spiro atoms. The second-order valence-electron chi connectivity index (χ2n) is 5.54. The lowest BCUT2D eigenvalue weighted by Crippen LogP contribution is -2.37. The molecule has 112 valence electrons. The molecule has 3 nitrogen and oxygen atoms in total. The van der Waals surface area contributed by atoms with Crippen molar-refractivity contribution in [3.63, 3.8) is 0 Å². The predicted octanol–water partition coefficient (Wildman–Crippen LogP) is 3.17. The van der Waals surface area contributed by atoms with E-state index >= 15 is 0 Å². The number of piperidine rings is 1. The summed E-state index contributed by atoms with van der Waals surface area (Å²) < 4.78 is 5.72. The number of nitrogens with two attached hydrogens (primary N) is 1. The van der Waals surface area contributed by atoms with Gasteiger partial charge in [-0.25, -0.2) is 0 Å². The molecule has 1 aromatic rings. The van der Waals surface area contributed by atoms with Crippen LogP contribution in [0.4, 0.5) is 0 Å². The van der Waals surface area contributed by atoms with Crippen LogP contribution in [-0.2, 0) is 0 Å². The minimum absolute atomic E-state index is 0.747. The van der Waals surface area contributed by atoms with Crippen molar-refractivity contribution < 1.29 is 4.74 Å². The Kier molecular flexibility index (Phi) is 6.64. The maximum Gasteiger partial charge on any atom is 0.119 e. The number of rotatable bonds is 7. The van der Waals surface area contributed by atoms with Crippen molar-refractivity contribution in [3.05, 3.63) is 29.3 Å². The van der Waals surface area contributed by atoms with Gasteiger partial charge in [-0.15, -0.1) is 0 Å². The monoisotopic (exact) mass is 296 g/mol. The number of halogens is 1. The Labute approximate surface area is 127 Å². The summed E-state index contributed by atoms with van der Waals surface area (Å²) in [5.74, 6) is 1.69. The minimum Gasteiger partial charge on any atom is -0.494 e. The molecule has 0 aliphatic carbocycles. The van der Waals surface area contributed by atoms with Gasteiger partial charge in [-0.2, -0.15) is 0 Å². The fraction of sp³-hybridized carbons (Fsp3) is 0.625. The third-order valence-electron chi connectivity index (χ3n) is 3.88. The minimum atomic E-state index is 0.747. The van der Waals surface area contributed by atoms with E-state index in [0.29, 0.717) is 0 Å². The van der Waals surface area contributed by atoms with Crippen LogP contribution in [0.3, 0.4) is 0 Å². The molecule has 2 rings (SSSR count). The molecule has 1 unspecified atom stereocenters. The average molecular weight is 297 g/mol. The molecular weight excluding hydrogens is 272 g/mol. The summed E-state index contributed by atoms with van der Waals surface area (Å²) >= 11 is 5.84. The van der Waals surface area contributed by atoms with E-state index in [1.165, 1.54) is 25.9 Å². The van der Waals surface area contributed by atoms with Gasteiger partial charge in [0.05, 0.1) is 6.61 Å². The fourth-order valence-electron chi connectivity index (χ4n) is 2.83. The molecule has 0 saturated carbocycles. The van der Waals surface area contributed by atoms with Crippen LogP contribution < -0.4 is 10.5 Å². The van der Waals surface area contributed by atoms with Gasteiger partial charge in [-0.05, 0) is 69.0 Å². The topological polar surface area (TPSA) is 38.5 Å². The number of hydrogen-bond donors (Lipinski definition) is 1. The standard InChI is InChI=1S/C16H25ClN2O/c17-15-4-6-16(7-5-15)20-12-2-11-19-10-1-3-14(13-19)8-9-18/h4-7,14H,1-3,8-13,18H2. The van der Waals surface area contributed by atoms with Crippen LogP contribution in [0, 0.1) is 5.92 Å². The SMILES string of the molecule is NCCC1CCCN(CCCOc2ccc(Cl)cc2)C1. The normalized spacial score (nSPS) is 20.0. The summed E-state index contributed by atoms with van der Waals surface area (Å²) in [5.41, 5.74) is 5.65. The van der Waals surface area contributed by atoms with Crippen molar-refractivity contribution in [2.75, 3.05) is 32.8 Å². The van der Waals surface area contributed by atoms with E-state index in [1.807, 2.05) is 24.3 Å². The molecule has 0 radical (unpaired) electrons. The quantitative estimate of drug-likeness (QED) is 0.786. The summed E-state index contributed by atoms with van der Waals surface area (Å²) in [4.78, 5) is 2.55. The summed E-state index contributed by atoms with van der Waals surface area (Å²) in [5, 5.41) is 0.747. The first-order valence-electron chi connectivity index (χ1n) is 7.58. The van der Waals surface area contributed by atoms with Gasteiger partial charge in [0.1, 0.15) is 5.75 Å². The maximum absolute atomic E-state index is 5.84. The molecule has 1 aliphatic rings. The van der Waals surface area contributed by atoms with Gasteiger partial charge in [0.2, 0.25) is 0 Å². The van der Waals surface area contributed by atoms with Gasteiger partial charge >= 0.3 is 0 Å². The van der Waals surface area contributed by atoms with Crippen molar-refractivity contribution in [1.29, 1.82) is 0 Å². The van der Waals surface area contributed by atoms with Crippen LogP contribution in [0.15, 0.2) is 24.3 Å². The molecule has 2 N–H and O–H groups in total. The molecule has 1 atom stereocenters. The number of nitrogens with zero attached hydrogens (tertiary/aromatic N) is 1. The average Bonchev–Trinajstić information content (AvgIpc) is 2.46. The third kappa shape index (κ3) is 5.31. The highest BCUT2D eigenvalue weighted by molar-refractivity contribution is 6.30. The van der Waals surface area contributed by atoms with Gasteiger partial charge in [-0.1, -0.05) is 11.6 Å². The summed E-state index contributed by atoms with van der Waals surface area (Å²) in [6.45, 7) is 5.13. The highest BCUT2D eigenvalue weighted by Gasteiger charge is 2.18. The zero-order valence-electron chi connectivity index (χ0n) is 12.1. The number of ether oxygens (including phenoxy) is 1. The van der Waals surface area contributed by atoms with Gasteiger partial charge in [0, 0.05) is 18.1 Å². The van der Waals surface area contributed by atoms with Crippen molar-refractivity contribution in [2.45, 2.75) is 25.7 Å². The van der Waals surface area contributed by atoms with Crippen LogP contribution >= 0.6 is 11.6 Å². The Morgan fingerprint density at radius 1 is 1.30 bits per heavy atom. The largest absolute Gasteiger partial charge is 0.494 e. The molecule has 1 saturated heterocycles. The first-order chi connectivity index (χ1) is 9.78. The van der Waals surface area contributed by atoms with Gasteiger partial charge in [0.25, 0.3) is 0 Å². The molecule has 4 heteroatoms. The van der Waals surface area contributed by atoms with Crippen molar-refractivity contribution in [2.24, 2.45) is 11.7 Å². The van der Waals surface area contributed by atoms with Crippen molar-refractivity contribution in [1.82, 2.24) is 4.90 Å². The van der Waals surface area contributed by atoms with Gasteiger partial charge in [-0.3, -0.25) is 0 Å². The van der Waals surface area contributed by atoms with Crippen molar-refractivity contribution in [3.8, 4) is 5.75 Å². The van der Waals surface area contributed by atoms with Crippen LogP contribution in [0.1, 0.15) is 25.7 Å². The van der Waals surface area contributed by atoms with E-state index in [4.69, 9.17) is 22.1 Å². The molecule has 0 bridgehead atoms. The molecule has 1 fully saturated rings. The second-order valence-corrected chi connectivity index (χ2v) is 5.98. The molecule has 1 aliphatic heterocycles. The molecular formula is C16H25ClN2O. The van der Waals surface area contributed by atoms with E-state index in [-0.39, 0.29) is 0 Å². The zero-order chi connectivity index (χ0) is 14.2. The highest BCUT2D eigenvalue weighted by atomic mass is 35.5. The Hall–Kier alpha value is -0.770. The second kappa shape index (κ2) is 8.50. The van der Waals surface area contributed by atoms with Gasteiger partial charge in [0.15, 0.2) is 0 Å². The number of likely N-dealkylation sites (tertiary alicyclic amines) is 1. The first kappa shape index (κ1) is 15.6. The number of benzene rings is 1. The molecule has 0 aromatic heterocycles. The number of hydrogen-bond acceptors (Lipinski definition) is 3. The smallest absolute Gasteiger partial charge is 0.119 e. The van der Waals surface area contributed by atoms with E-state index in [1.54, 1.807) is 0 Å². The molecule has 1 heterocycles. The Morgan fingerprint density at radius 2 is 2.10 bits per heavy atom. The Bertz CT molecular complexity index is 381. The van der Waals surface area contributed by atoms with Crippen molar-refractivity contribution >= 4 is 11.6 Å². The lowest BCUT2D eigenvalue weighted by molar-refractivity contribution is 0.158. The predicted molar refractivity (Wildman–Crippen MR) is 84.4 cm³/mol. The van der Waals surface area contributed by atoms with Crippen LogP contribution in [0.2, 0.25) is 5.02 Å². The fourth-order valence-corrected chi connectivity index (χ4v) is 2.96. The Balaban J connectivity index is 1.62. The lowest BCUT2D eigenvalue weighted by atomic mass is 9.95. The Morgan fingerprint density at radius 3 is 2.85 bits per heavy atom. The summed E-state index contributed by atoms with van der Waals surface area (Å²) in [6, 6.07) is 7.55. The van der Waals surface area contributed by atoms with Crippen LogP contribution in [0.5, 0.6) is 5.75 Å². The van der Waals surface area contributed by atoms with Gasteiger partial charge < -0.3 is 15.4 Å². The lowest BCUT2D eigenvalue weighted by Gasteiger charge is -2.32.